The van der Waals surface area contributed by atoms with Gasteiger partial charge in [0, 0.05) is 13.0 Å². The third kappa shape index (κ3) is 2.42. The number of benzene rings is 1. The predicted octanol–water partition coefficient (Wildman–Crippen LogP) is 2.43. The molecule has 0 aliphatic carbocycles. The number of halogens is 1. The first-order valence-corrected chi connectivity index (χ1v) is 5.88. The summed E-state index contributed by atoms with van der Waals surface area (Å²) in [5, 5.41) is 9.43. The van der Waals surface area contributed by atoms with E-state index in [4.69, 9.17) is 26.2 Å². The number of hydrogen-bond donors (Lipinski definition) is 1. The first kappa shape index (κ1) is 11.6. The highest BCUT2D eigenvalue weighted by molar-refractivity contribution is 6.32. The van der Waals surface area contributed by atoms with Gasteiger partial charge >= 0.3 is 0 Å². The fourth-order valence-electron chi connectivity index (χ4n) is 1.75. The largest absolute Gasteiger partial charge is 0.489 e. The number of aryl methyl sites for hydroxylation is 1. The van der Waals surface area contributed by atoms with Crippen LogP contribution in [-0.2, 0) is 6.42 Å². The molecule has 0 bridgehead atoms. The molecule has 3 nitrogen and oxygen atoms in total. The molecule has 88 valence electrons. The van der Waals surface area contributed by atoms with Gasteiger partial charge in [-0.15, -0.1) is 0 Å². The van der Waals surface area contributed by atoms with Crippen LogP contribution in [0.4, 0.5) is 0 Å². The van der Waals surface area contributed by atoms with Crippen LogP contribution in [-0.4, -0.2) is 24.9 Å². The molecule has 2 rings (SSSR count). The van der Waals surface area contributed by atoms with Crippen LogP contribution in [0.15, 0.2) is 12.1 Å². The molecular weight excluding hydrogens is 228 g/mol. The number of aliphatic hydroxyl groups excluding tert-OH is 1. The van der Waals surface area contributed by atoms with E-state index in [0.29, 0.717) is 24.0 Å². The molecule has 0 aromatic heterocycles. The molecule has 0 atom stereocenters. The van der Waals surface area contributed by atoms with Crippen LogP contribution in [0.5, 0.6) is 11.5 Å². The van der Waals surface area contributed by atoms with Gasteiger partial charge in [0.05, 0.1) is 18.2 Å². The molecule has 0 fully saturated rings. The number of ether oxygens (including phenoxy) is 2. The average molecular weight is 243 g/mol. The summed E-state index contributed by atoms with van der Waals surface area (Å²) in [7, 11) is 0. The Labute approximate surface area is 99.9 Å². The minimum atomic E-state index is 0.179. The summed E-state index contributed by atoms with van der Waals surface area (Å²) < 4.78 is 11.2. The molecule has 0 spiro atoms. The van der Waals surface area contributed by atoms with E-state index in [1.165, 1.54) is 0 Å². The average Bonchev–Trinajstić information content (AvgIpc) is 2.54. The summed E-state index contributed by atoms with van der Waals surface area (Å²) in [5.41, 5.74) is 1.05. The molecule has 0 saturated carbocycles. The molecular formula is C12H15ClO3. The van der Waals surface area contributed by atoms with Crippen molar-refractivity contribution < 1.29 is 14.6 Å². The van der Waals surface area contributed by atoms with Gasteiger partial charge in [-0.3, -0.25) is 0 Å². The second kappa shape index (κ2) is 5.41. The lowest BCUT2D eigenvalue weighted by molar-refractivity contribution is 0.285. The summed E-state index contributed by atoms with van der Waals surface area (Å²) in [5.74, 6) is 1.40. The molecule has 1 N–H and O–H groups in total. The van der Waals surface area contributed by atoms with E-state index in [0.717, 1.165) is 30.6 Å². The number of hydrogen-bond acceptors (Lipinski definition) is 3. The van der Waals surface area contributed by atoms with Gasteiger partial charge in [-0.05, 0) is 24.5 Å². The summed E-state index contributed by atoms with van der Waals surface area (Å²) in [6.07, 6.45) is 2.36. The van der Waals surface area contributed by atoms with Crippen molar-refractivity contribution in [3.63, 3.8) is 0 Å². The van der Waals surface area contributed by atoms with Crippen molar-refractivity contribution in [1.29, 1.82) is 0 Å². The van der Waals surface area contributed by atoms with Crippen molar-refractivity contribution in [1.82, 2.24) is 0 Å². The fourth-order valence-corrected chi connectivity index (χ4v) is 1.95. The third-order valence-electron chi connectivity index (χ3n) is 2.53. The first-order valence-electron chi connectivity index (χ1n) is 5.51. The van der Waals surface area contributed by atoms with E-state index in [1.807, 2.05) is 12.1 Å². The zero-order chi connectivity index (χ0) is 11.4. The SMILES string of the molecule is OCCCc1ccc(Cl)c2c1OCCCO2. The molecule has 0 unspecified atom stereocenters. The number of rotatable bonds is 3. The van der Waals surface area contributed by atoms with E-state index in [-0.39, 0.29) is 6.61 Å². The zero-order valence-electron chi connectivity index (χ0n) is 9.04. The van der Waals surface area contributed by atoms with Crippen LogP contribution >= 0.6 is 11.6 Å². The van der Waals surface area contributed by atoms with E-state index in [1.54, 1.807) is 0 Å². The lowest BCUT2D eigenvalue weighted by Crippen LogP contribution is -1.99. The Kier molecular flexibility index (Phi) is 3.91. The van der Waals surface area contributed by atoms with Crippen LogP contribution < -0.4 is 9.47 Å². The third-order valence-corrected chi connectivity index (χ3v) is 2.83. The molecule has 0 radical (unpaired) electrons. The standard InChI is InChI=1S/C12H15ClO3/c13-10-5-4-9(3-1-6-14)11-12(10)16-8-2-7-15-11/h4-5,14H,1-3,6-8H2. The zero-order valence-corrected chi connectivity index (χ0v) is 9.79. The van der Waals surface area contributed by atoms with Crippen LogP contribution in [0.2, 0.25) is 5.02 Å². The van der Waals surface area contributed by atoms with Gasteiger partial charge in [0.15, 0.2) is 11.5 Å². The monoisotopic (exact) mass is 242 g/mol. The molecule has 1 aromatic carbocycles. The predicted molar refractivity (Wildman–Crippen MR) is 62.5 cm³/mol. The Hall–Kier alpha value is -0.930. The molecule has 1 aliphatic rings. The molecule has 1 aromatic rings. The Balaban J connectivity index is 2.31. The highest BCUT2D eigenvalue weighted by Gasteiger charge is 2.17. The van der Waals surface area contributed by atoms with Gasteiger partial charge in [-0.25, -0.2) is 0 Å². The van der Waals surface area contributed by atoms with Crippen LogP contribution in [0, 0.1) is 0 Å². The van der Waals surface area contributed by atoms with Gasteiger partial charge in [-0.1, -0.05) is 17.7 Å². The van der Waals surface area contributed by atoms with Crippen molar-refractivity contribution >= 4 is 11.6 Å². The quantitative estimate of drug-likeness (QED) is 0.885. The number of aliphatic hydroxyl groups is 1. The Bertz CT molecular complexity index is 366. The highest BCUT2D eigenvalue weighted by Crippen LogP contribution is 2.40. The van der Waals surface area contributed by atoms with Crippen molar-refractivity contribution in [2.75, 3.05) is 19.8 Å². The van der Waals surface area contributed by atoms with Crippen LogP contribution in [0.3, 0.4) is 0 Å². The van der Waals surface area contributed by atoms with Gasteiger partial charge < -0.3 is 14.6 Å². The smallest absolute Gasteiger partial charge is 0.180 e. The summed E-state index contributed by atoms with van der Waals surface area (Å²) in [6.45, 7) is 1.47. The number of fused-ring (bicyclic) bond motifs is 1. The normalized spacial score (nSPS) is 14.6. The second-order valence-corrected chi connectivity index (χ2v) is 4.15. The Morgan fingerprint density at radius 3 is 2.69 bits per heavy atom. The van der Waals surface area contributed by atoms with Crippen molar-refractivity contribution in [3.05, 3.63) is 22.7 Å². The van der Waals surface area contributed by atoms with E-state index in [9.17, 15) is 0 Å². The van der Waals surface area contributed by atoms with Gasteiger partial charge in [0.1, 0.15) is 0 Å². The first-order chi connectivity index (χ1) is 7.83. The topological polar surface area (TPSA) is 38.7 Å². The molecule has 0 amide bonds. The molecule has 1 aliphatic heterocycles. The fraction of sp³-hybridized carbons (Fsp3) is 0.500. The van der Waals surface area contributed by atoms with Crippen molar-refractivity contribution in [2.45, 2.75) is 19.3 Å². The van der Waals surface area contributed by atoms with E-state index < -0.39 is 0 Å². The van der Waals surface area contributed by atoms with Crippen molar-refractivity contribution in [2.24, 2.45) is 0 Å². The summed E-state index contributed by atoms with van der Waals surface area (Å²) in [4.78, 5) is 0. The highest BCUT2D eigenvalue weighted by atomic mass is 35.5. The second-order valence-electron chi connectivity index (χ2n) is 3.74. The molecule has 16 heavy (non-hydrogen) atoms. The van der Waals surface area contributed by atoms with Gasteiger partial charge in [-0.2, -0.15) is 0 Å². The lowest BCUT2D eigenvalue weighted by Gasteiger charge is -2.13. The molecule has 0 saturated heterocycles. The van der Waals surface area contributed by atoms with E-state index >= 15 is 0 Å². The maximum Gasteiger partial charge on any atom is 0.180 e. The summed E-state index contributed by atoms with van der Waals surface area (Å²) >= 11 is 6.07. The van der Waals surface area contributed by atoms with Crippen LogP contribution in [0.25, 0.3) is 0 Å². The van der Waals surface area contributed by atoms with Gasteiger partial charge in [0.25, 0.3) is 0 Å². The maximum absolute atomic E-state index is 8.84. The summed E-state index contributed by atoms with van der Waals surface area (Å²) in [6, 6.07) is 3.76. The van der Waals surface area contributed by atoms with Crippen LogP contribution in [0.1, 0.15) is 18.4 Å². The maximum atomic E-state index is 8.84. The Morgan fingerprint density at radius 1 is 1.19 bits per heavy atom. The minimum absolute atomic E-state index is 0.179. The van der Waals surface area contributed by atoms with Crippen molar-refractivity contribution in [3.8, 4) is 11.5 Å². The van der Waals surface area contributed by atoms with Gasteiger partial charge in [0.2, 0.25) is 0 Å². The lowest BCUT2D eigenvalue weighted by atomic mass is 10.1. The Morgan fingerprint density at radius 2 is 1.94 bits per heavy atom. The molecule has 4 heteroatoms. The minimum Gasteiger partial charge on any atom is -0.489 e. The van der Waals surface area contributed by atoms with E-state index in [2.05, 4.69) is 0 Å². The molecule has 1 heterocycles.